The van der Waals surface area contributed by atoms with E-state index in [1.54, 1.807) is 37.4 Å². The topological polar surface area (TPSA) is 110 Å². The number of fused-ring (bicyclic) bond motifs is 1. The van der Waals surface area contributed by atoms with E-state index in [0.717, 1.165) is 17.0 Å². The molecule has 0 aliphatic heterocycles. The molecule has 0 radical (unpaired) electrons. The number of nitrogens with zero attached hydrogens (tertiary/aromatic N) is 5. The number of rotatable bonds is 8. The minimum Gasteiger partial charge on any atom is -0.326 e. The van der Waals surface area contributed by atoms with E-state index >= 15 is 0 Å². The molecule has 2 aromatic heterocycles. The van der Waals surface area contributed by atoms with E-state index in [-0.39, 0.29) is 17.2 Å². The standard InChI is InChI=1S/C21H28N6O3S/c1-6-26(7-2)31(29,30)19-12-17(9-8-14(19)3)25-20(28)11-10-18-15(4)24-21-22-13-23-27(21)16(18)5/h8-9,12-13H,6-7,10-11H2,1-5H3,(H,25,28). The number of hydrogen-bond acceptors (Lipinski definition) is 6. The van der Waals surface area contributed by atoms with Gasteiger partial charge in [0, 0.05) is 36.6 Å². The van der Waals surface area contributed by atoms with Crippen molar-refractivity contribution in [3.63, 3.8) is 0 Å². The molecule has 0 saturated heterocycles. The molecule has 3 aromatic rings. The maximum absolute atomic E-state index is 12.9. The second kappa shape index (κ2) is 9.11. The van der Waals surface area contributed by atoms with Crippen molar-refractivity contribution in [3.8, 4) is 0 Å². The van der Waals surface area contributed by atoms with Gasteiger partial charge in [0.05, 0.1) is 4.90 Å². The van der Waals surface area contributed by atoms with Gasteiger partial charge in [0.15, 0.2) is 0 Å². The van der Waals surface area contributed by atoms with Crippen molar-refractivity contribution in [1.29, 1.82) is 0 Å². The Labute approximate surface area is 182 Å². The minimum absolute atomic E-state index is 0.201. The van der Waals surface area contributed by atoms with Gasteiger partial charge in [-0.3, -0.25) is 4.79 Å². The Morgan fingerprint density at radius 2 is 1.87 bits per heavy atom. The fourth-order valence-corrected chi connectivity index (χ4v) is 5.35. The zero-order valence-corrected chi connectivity index (χ0v) is 19.3. The normalized spacial score (nSPS) is 11.9. The Hall–Kier alpha value is -2.85. The molecule has 1 N–H and O–H groups in total. The lowest BCUT2D eigenvalue weighted by Crippen LogP contribution is -2.31. The van der Waals surface area contributed by atoms with E-state index in [0.29, 0.717) is 36.5 Å². The molecule has 1 aromatic carbocycles. The van der Waals surface area contributed by atoms with Crippen molar-refractivity contribution in [3.05, 3.63) is 47.0 Å². The van der Waals surface area contributed by atoms with Crippen LogP contribution >= 0.6 is 0 Å². The maximum Gasteiger partial charge on any atom is 0.252 e. The summed E-state index contributed by atoms with van der Waals surface area (Å²) in [7, 11) is -3.61. The predicted octanol–water partition coefficient (Wildman–Crippen LogP) is 2.65. The molecule has 0 fully saturated rings. The molecule has 31 heavy (non-hydrogen) atoms. The Kier molecular flexibility index (Phi) is 6.71. The molecular weight excluding hydrogens is 416 g/mol. The average Bonchev–Trinajstić information content (AvgIpc) is 3.18. The fourth-order valence-electron chi connectivity index (χ4n) is 3.64. The summed E-state index contributed by atoms with van der Waals surface area (Å²) >= 11 is 0. The number of nitrogens with one attached hydrogen (secondary N) is 1. The molecule has 0 bridgehead atoms. The molecule has 10 heteroatoms. The highest BCUT2D eigenvalue weighted by Gasteiger charge is 2.24. The predicted molar refractivity (Wildman–Crippen MR) is 118 cm³/mol. The number of hydrogen-bond donors (Lipinski definition) is 1. The molecular formula is C21H28N6O3S. The van der Waals surface area contributed by atoms with Crippen molar-refractivity contribution in [2.75, 3.05) is 18.4 Å². The van der Waals surface area contributed by atoms with E-state index in [1.807, 2.05) is 13.8 Å². The molecule has 0 saturated carbocycles. The fraction of sp³-hybridized carbons (Fsp3) is 0.429. The molecule has 0 aliphatic rings. The summed E-state index contributed by atoms with van der Waals surface area (Å²) in [5.41, 5.74) is 3.76. The molecule has 0 atom stereocenters. The van der Waals surface area contributed by atoms with Crippen LogP contribution in [-0.4, -0.2) is 51.3 Å². The molecule has 166 valence electrons. The van der Waals surface area contributed by atoms with Crippen molar-refractivity contribution < 1.29 is 13.2 Å². The third kappa shape index (κ3) is 4.59. The van der Waals surface area contributed by atoms with Gasteiger partial charge >= 0.3 is 0 Å². The Balaban J connectivity index is 1.76. The third-order valence-electron chi connectivity index (χ3n) is 5.39. The molecule has 3 rings (SSSR count). The highest BCUT2D eigenvalue weighted by atomic mass is 32.2. The zero-order valence-electron chi connectivity index (χ0n) is 18.5. The summed E-state index contributed by atoms with van der Waals surface area (Å²) in [6.45, 7) is 9.94. The number of aryl methyl sites for hydroxylation is 3. The van der Waals surface area contributed by atoms with E-state index in [1.165, 1.54) is 16.7 Å². The first-order chi connectivity index (χ1) is 14.7. The van der Waals surface area contributed by atoms with Crippen LogP contribution in [-0.2, 0) is 21.2 Å². The van der Waals surface area contributed by atoms with Gasteiger partial charge in [-0.05, 0) is 50.5 Å². The van der Waals surface area contributed by atoms with Crippen LogP contribution in [0.25, 0.3) is 5.78 Å². The van der Waals surface area contributed by atoms with Crippen molar-refractivity contribution in [2.24, 2.45) is 0 Å². The third-order valence-corrected chi connectivity index (χ3v) is 7.58. The van der Waals surface area contributed by atoms with E-state index in [9.17, 15) is 13.2 Å². The number of anilines is 1. The van der Waals surface area contributed by atoms with Crippen LogP contribution < -0.4 is 5.32 Å². The summed E-state index contributed by atoms with van der Waals surface area (Å²) in [5, 5.41) is 6.99. The average molecular weight is 445 g/mol. The first kappa shape index (κ1) is 22.8. The van der Waals surface area contributed by atoms with E-state index in [2.05, 4.69) is 20.4 Å². The lowest BCUT2D eigenvalue weighted by Gasteiger charge is -2.20. The van der Waals surface area contributed by atoms with Crippen LogP contribution in [0.2, 0.25) is 0 Å². The molecule has 0 aliphatic carbocycles. The summed E-state index contributed by atoms with van der Waals surface area (Å²) in [6, 6.07) is 4.96. The lowest BCUT2D eigenvalue weighted by molar-refractivity contribution is -0.116. The number of carbonyl (C=O) groups excluding carboxylic acids is 1. The van der Waals surface area contributed by atoms with Gasteiger partial charge in [-0.1, -0.05) is 19.9 Å². The van der Waals surface area contributed by atoms with Crippen LogP contribution in [0.15, 0.2) is 29.4 Å². The number of carbonyl (C=O) groups is 1. The van der Waals surface area contributed by atoms with E-state index in [4.69, 9.17) is 0 Å². The summed E-state index contributed by atoms with van der Waals surface area (Å²) < 4.78 is 28.9. The molecule has 0 unspecified atom stereocenters. The molecule has 0 spiro atoms. The van der Waals surface area contributed by atoms with Gasteiger partial charge in [-0.15, -0.1) is 0 Å². The first-order valence-corrected chi connectivity index (χ1v) is 11.7. The minimum atomic E-state index is -3.61. The Morgan fingerprint density at radius 1 is 1.16 bits per heavy atom. The Morgan fingerprint density at radius 3 is 2.55 bits per heavy atom. The molecule has 1 amide bonds. The van der Waals surface area contributed by atoms with Crippen LogP contribution in [0, 0.1) is 20.8 Å². The van der Waals surface area contributed by atoms with Gasteiger partial charge in [0.1, 0.15) is 6.33 Å². The summed E-state index contributed by atoms with van der Waals surface area (Å²) in [5.74, 6) is 0.331. The SMILES string of the molecule is CCN(CC)S(=O)(=O)c1cc(NC(=O)CCc2c(C)nc3ncnn3c2C)ccc1C. The quantitative estimate of drug-likeness (QED) is 0.572. The number of sulfonamides is 1. The second-order valence-electron chi connectivity index (χ2n) is 7.35. The number of benzene rings is 1. The van der Waals surface area contributed by atoms with Crippen molar-refractivity contribution in [1.82, 2.24) is 23.9 Å². The second-order valence-corrected chi connectivity index (χ2v) is 9.26. The lowest BCUT2D eigenvalue weighted by atomic mass is 10.1. The van der Waals surface area contributed by atoms with Gasteiger partial charge in [-0.25, -0.2) is 17.9 Å². The van der Waals surface area contributed by atoms with Gasteiger partial charge in [-0.2, -0.15) is 14.4 Å². The van der Waals surface area contributed by atoms with Gasteiger partial charge < -0.3 is 5.32 Å². The van der Waals surface area contributed by atoms with Crippen LogP contribution in [0.1, 0.15) is 42.8 Å². The highest BCUT2D eigenvalue weighted by Crippen LogP contribution is 2.24. The largest absolute Gasteiger partial charge is 0.326 e. The monoisotopic (exact) mass is 444 g/mol. The van der Waals surface area contributed by atoms with Crippen molar-refractivity contribution in [2.45, 2.75) is 52.4 Å². The van der Waals surface area contributed by atoms with Gasteiger partial charge in [0.25, 0.3) is 5.78 Å². The smallest absolute Gasteiger partial charge is 0.252 e. The number of amides is 1. The summed E-state index contributed by atoms with van der Waals surface area (Å²) in [6.07, 6.45) is 2.17. The summed E-state index contributed by atoms with van der Waals surface area (Å²) in [4.78, 5) is 21.3. The van der Waals surface area contributed by atoms with Crippen LogP contribution in [0.3, 0.4) is 0 Å². The highest BCUT2D eigenvalue weighted by molar-refractivity contribution is 7.89. The maximum atomic E-state index is 12.9. The first-order valence-electron chi connectivity index (χ1n) is 10.3. The van der Waals surface area contributed by atoms with Crippen LogP contribution in [0.5, 0.6) is 0 Å². The number of aromatic nitrogens is 4. The zero-order chi connectivity index (χ0) is 22.8. The molecule has 2 heterocycles. The van der Waals surface area contributed by atoms with Crippen LogP contribution in [0.4, 0.5) is 5.69 Å². The van der Waals surface area contributed by atoms with E-state index < -0.39 is 10.0 Å². The van der Waals surface area contributed by atoms with Gasteiger partial charge in [0.2, 0.25) is 15.9 Å². The Bertz CT molecular complexity index is 1220. The van der Waals surface area contributed by atoms with Crippen molar-refractivity contribution >= 4 is 27.4 Å². The molecule has 9 nitrogen and oxygen atoms in total.